The van der Waals surface area contributed by atoms with Crippen LogP contribution in [-0.4, -0.2) is 12.6 Å². The Bertz CT molecular complexity index is 78.9. The minimum atomic E-state index is 0.838. The molecule has 0 radical (unpaired) electrons. The van der Waals surface area contributed by atoms with Gasteiger partial charge in [0.15, 0.2) is 0 Å². The second-order valence-corrected chi connectivity index (χ2v) is 3.17. The van der Waals surface area contributed by atoms with E-state index in [0.717, 1.165) is 18.5 Å². The summed E-state index contributed by atoms with van der Waals surface area (Å²) in [6, 6.07) is 0.838. The summed E-state index contributed by atoms with van der Waals surface area (Å²) in [6.07, 6.45) is 4.22. The maximum absolute atomic E-state index is 3.47. The predicted octanol–water partition coefficient (Wildman–Crippen LogP) is 2.81. The van der Waals surface area contributed by atoms with Crippen molar-refractivity contribution in [3.63, 3.8) is 0 Å². The molecule has 0 bridgehead atoms. The van der Waals surface area contributed by atoms with E-state index in [1.54, 1.807) is 0 Å². The highest BCUT2D eigenvalue weighted by molar-refractivity contribution is 4.77. The highest BCUT2D eigenvalue weighted by Crippen LogP contribution is 2.24. The highest BCUT2D eigenvalue weighted by Gasteiger charge is 2.19. The lowest BCUT2D eigenvalue weighted by molar-refractivity contribution is 0.517. The molecule has 0 saturated heterocycles. The SMILES string of the molecule is CC.CCN[C@@H]1CC[C@H](C)C1. The first-order valence-corrected chi connectivity index (χ1v) is 5.06. The smallest absolute Gasteiger partial charge is 0.00695 e. The molecule has 2 atom stereocenters. The van der Waals surface area contributed by atoms with Crippen LogP contribution in [0.15, 0.2) is 0 Å². The van der Waals surface area contributed by atoms with Gasteiger partial charge in [0.05, 0.1) is 0 Å². The van der Waals surface area contributed by atoms with Gasteiger partial charge in [0, 0.05) is 6.04 Å². The van der Waals surface area contributed by atoms with Crippen LogP contribution in [0.5, 0.6) is 0 Å². The van der Waals surface area contributed by atoms with Crippen molar-refractivity contribution in [2.24, 2.45) is 5.92 Å². The average molecular weight is 157 g/mol. The Morgan fingerprint density at radius 2 is 1.91 bits per heavy atom. The maximum Gasteiger partial charge on any atom is 0.00695 e. The molecular weight excluding hydrogens is 134 g/mol. The van der Waals surface area contributed by atoms with E-state index < -0.39 is 0 Å². The van der Waals surface area contributed by atoms with Gasteiger partial charge in [-0.2, -0.15) is 0 Å². The number of hydrogen-bond donors (Lipinski definition) is 1. The molecule has 1 heteroatoms. The third-order valence-corrected chi connectivity index (χ3v) is 2.19. The molecule has 0 aliphatic heterocycles. The van der Waals surface area contributed by atoms with Crippen molar-refractivity contribution in [2.75, 3.05) is 6.54 Å². The van der Waals surface area contributed by atoms with Crippen molar-refractivity contribution in [3.05, 3.63) is 0 Å². The van der Waals surface area contributed by atoms with Crippen LogP contribution < -0.4 is 5.32 Å². The summed E-state index contributed by atoms with van der Waals surface area (Å²) < 4.78 is 0. The summed E-state index contributed by atoms with van der Waals surface area (Å²) in [6.45, 7) is 9.66. The first kappa shape index (κ1) is 11.0. The van der Waals surface area contributed by atoms with Gasteiger partial charge in [-0.15, -0.1) is 0 Å². The molecule has 68 valence electrons. The molecule has 0 aromatic rings. The Balaban J connectivity index is 0.000000461. The zero-order valence-corrected chi connectivity index (χ0v) is 8.48. The molecule has 1 fully saturated rings. The van der Waals surface area contributed by atoms with Crippen molar-refractivity contribution < 1.29 is 0 Å². The molecule has 0 heterocycles. The van der Waals surface area contributed by atoms with Crippen molar-refractivity contribution in [1.82, 2.24) is 5.32 Å². The fourth-order valence-corrected chi connectivity index (χ4v) is 1.68. The van der Waals surface area contributed by atoms with Gasteiger partial charge in [0.25, 0.3) is 0 Å². The quantitative estimate of drug-likeness (QED) is 0.650. The van der Waals surface area contributed by atoms with Gasteiger partial charge in [-0.05, 0) is 31.7 Å². The summed E-state index contributed by atoms with van der Waals surface area (Å²) >= 11 is 0. The first-order chi connectivity index (χ1) is 5.33. The largest absolute Gasteiger partial charge is 0.314 e. The van der Waals surface area contributed by atoms with Crippen LogP contribution in [0.4, 0.5) is 0 Å². The number of rotatable bonds is 2. The second-order valence-electron chi connectivity index (χ2n) is 3.17. The van der Waals surface area contributed by atoms with Crippen molar-refractivity contribution in [3.8, 4) is 0 Å². The lowest BCUT2D eigenvalue weighted by atomic mass is 10.1. The van der Waals surface area contributed by atoms with Gasteiger partial charge in [-0.25, -0.2) is 0 Å². The third-order valence-electron chi connectivity index (χ3n) is 2.19. The molecule has 0 aromatic heterocycles. The summed E-state index contributed by atoms with van der Waals surface area (Å²) in [5, 5.41) is 3.47. The summed E-state index contributed by atoms with van der Waals surface area (Å²) in [5.74, 6) is 0.967. The summed E-state index contributed by atoms with van der Waals surface area (Å²) in [5.41, 5.74) is 0. The van der Waals surface area contributed by atoms with Gasteiger partial charge in [-0.3, -0.25) is 0 Å². The van der Waals surface area contributed by atoms with Crippen LogP contribution in [0, 0.1) is 5.92 Å². The zero-order chi connectivity index (χ0) is 8.69. The fraction of sp³-hybridized carbons (Fsp3) is 1.00. The van der Waals surface area contributed by atoms with Crippen LogP contribution in [0.3, 0.4) is 0 Å². The van der Waals surface area contributed by atoms with Crippen LogP contribution in [0.1, 0.15) is 47.0 Å². The second kappa shape index (κ2) is 6.66. The van der Waals surface area contributed by atoms with Crippen molar-refractivity contribution in [1.29, 1.82) is 0 Å². The number of hydrogen-bond acceptors (Lipinski definition) is 1. The molecule has 1 aliphatic carbocycles. The van der Waals surface area contributed by atoms with E-state index in [-0.39, 0.29) is 0 Å². The van der Waals surface area contributed by atoms with E-state index in [4.69, 9.17) is 0 Å². The van der Waals surface area contributed by atoms with Crippen LogP contribution in [0.25, 0.3) is 0 Å². The Labute approximate surface area is 71.6 Å². The highest BCUT2D eigenvalue weighted by atomic mass is 14.9. The molecule has 1 rings (SSSR count). The Morgan fingerprint density at radius 1 is 1.27 bits per heavy atom. The van der Waals surface area contributed by atoms with Crippen molar-refractivity contribution in [2.45, 2.75) is 53.0 Å². The predicted molar refractivity (Wildman–Crippen MR) is 51.8 cm³/mol. The Kier molecular flexibility index (Phi) is 6.63. The fourth-order valence-electron chi connectivity index (χ4n) is 1.68. The van der Waals surface area contributed by atoms with Crippen LogP contribution in [-0.2, 0) is 0 Å². The van der Waals surface area contributed by atoms with E-state index in [1.165, 1.54) is 19.3 Å². The van der Waals surface area contributed by atoms with Gasteiger partial charge < -0.3 is 5.32 Å². The lowest BCUT2D eigenvalue weighted by Gasteiger charge is -2.08. The lowest BCUT2D eigenvalue weighted by Crippen LogP contribution is -2.25. The third kappa shape index (κ3) is 4.41. The molecule has 0 unspecified atom stereocenters. The van der Waals surface area contributed by atoms with E-state index >= 15 is 0 Å². The average Bonchev–Trinajstić information content (AvgIpc) is 2.41. The molecule has 0 aromatic carbocycles. The normalized spacial score (nSPS) is 29.5. The molecular formula is C10H23N. The zero-order valence-electron chi connectivity index (χ0n) is 8.48. The maximum atomic E-state index is 3.47. The monoisotopic (exact) mass is 157 g/mol. The minimum Gasteiger partial charge on any atom is -0.314 e. The number of nitrogens with one attached hydrogen (secondary N) is 1. The summed E-state index contributed by atoms with van der Waals surface area (Å²) in [7, 11) is 0. The molecule has 1 N–H and O–H groups in total. The topological polar surface area (TPSA) is 12.0 Å². The molecule has 1 saturated carbocycles. The van der Waals surface area contributed by atoms with E-state index in [1.807, 2.05) is 13.8 Å². The Hall–Kier alpha value is -0.0400. The van der Waals surface area contributed by atoms with Crippen LogP contribution >= 0.6 is 0 Å². The van der Waals surface area contributed by atoms with Gasteiger partial charge in [0.2, 0.25) is 0 Å². The minimum absolute atomic E-state index is 0.838. The molecule has 1 aliphatic rings. The summed E-state index contributed by atoms with van der Waals surface area (Å²) in [4.78, 5) is 0. The standard InChI is InChI=1S/C8H17N.C2H6/c1-3-9-8-5-4-7(2)6-8;1-2/h7-9H,3-6H2,1-2H3;1-2H3/t7-,8+;/m0./s1. The van der Waals surface area contributed by atoms with E-state index in [2.05, 4.69) is 19.2 Å². The Morgan fingerprint density at radius 3 is 2.27 bits per heavy atom. The van der Waals surface area contributed by atoms with Crippen molar-refractivity contribution >= 4 is 0 Å². The first-order valence-electron chi connectivity index (χ1n) is 5.06. The van der Waals surface area contributed by atoms with E-state index in [0.29, 0.717) is 0 Å². The van der Waals surface area contributed by atoms with E-state index in [9.17, 15) is 0 Å². The van der Waals surface area contributed by atoms with Gasteiger partial charge in [-0.1, -0.05) is 27.7 Å². The van der Waals surface area contributed by atoms with Gasteiger partial charge in [0.1, 0.15) is 0 Å². The van der Waals surface area contributed by atoms with Crippen LogP contribution in [0.2, 0.25) is 0 Å². The molecule has 0 spiro atoms. The molecule has 0 amide bonds. The molecule has 1 nitrogen and oxygen atoms in total. The van der Waals surface area contributed by atoms with Gasteiger partial charge >= 0.3 is 0 Å². The molecule has 11 heavy (non-hydrogen) atoms.